The first kappa shape index (κ1) is 38.3. The third kappa shape index (κ3) is 7.51. The monoisotopic (exact) mass is 768 g/mol. The number of allylic oxidation sites excluding steroid dienone is 2. The molecule has 0 bridgehead atoms. The van der Waals surface area contributed by atoms with Gasteiger partial charge in [0.25, 0.3) is 0 Å². The van der Waals surface area contributed by atoms with Crippen LogP contribution in [0.5, 0.6) is 0 Å². The van der Waals surface area contributed by atoms with Crippen molar-refractivity contribution in [3.8, 4) is 0 Å². The fourth-order valence-electron chi connectivity index (χ4n) is 7.77. The van der Waals surface area contributed by atoms with Crippen molar-refractivity contribution in [1.29, 1.82) is 0 Å². The highest BCUT2D eigenvalue weighted by Crippen LogP contribution is 2.54. The molecule has 280 valence electrons. The second-order valence-electron chi connectivity index (χ2n) is 13.1. The van der Waals surface area contributed by atoms with E-state index >= 15 is 0 Å². The molecule has 1 fully saturated rings. The Morgan fingerprint density at radius 3 is 1.67 bits per heavy atom. The van der Waals surface area contributed by atoms with E-state index in [2.05, 4.69) is 0 Å². The standard InChI is InChI=1S/C36H29F12O3P/c37-33(38,39)21-9-19(10-22(15-21)34(40,41)42)27-13-17-5-1-3-7-25(17)29(31(27)49)30-26-8-4-2-6-18(26)14-28(32(30)51-52-50)20-11-23(35(43,44)45)16-24(12-20)36(46,47)48/h1,3,5,7,9-12,14-16,27-29,31-32,49-50,52H,2,4,6,8,13H2. The molecule has 3 aromatic rings. The molecule has 0 aromatic heterocycles. The minimum atomic E-state index is -5.19. The number of alkyl halides is 12. The lowest BCUT2D eigenvalue weighted by Crippen LogP contribution is -2.40. The summed E-state index contributed by atoms with van der Waals surface area (Å²) in [7, 11) is -1.35. The molecule has 2 N–H and O–H groups in total. The third-order valence-electron chi connectivity index (χ3n) is 10.0. The average Bonchev–Trinajstić information content (AvgIpc) is 3.06. The van der Waals surface area contributed by atoms with Crippen LogP contribution in [0, 0.1) is 0 Å². The Hall–Kier alpha value is -3.39. The maximum atomic E-state index is 14.0. The van der Waals surface area contributed by atoms with Crippen LogP contribution in [0.15, 0.2) is 83.5 Å². The normalized spacial score (nSPS) is 24.6. The van der Waals surface area contributed by atoms with Crippen LogP contribution in [0.3, 0.4) is 0 Å². The molecule has 16 heteroatoms. The fourth-order valence-corrected chi connectivity index (χ4v) is 8.16. The molecule has 0 amide bonds. The van der Waals surface area contributed by atoms with Crippen LogP contribution < -0.4 is 0 Å². The Morgan fingerprint density at radius 1 is 0.654 bits per heavy atom. The van der Waals surface area contributed by atoms with E-state index in [0.717, 1.165) is 0 Å². The molecule has 1 saturated carbocycles. The Balaban J connectivity index is 1.57. The van der Waals surface area contributed by atoms with Crippen molar-refractivity contribution in [2.75, 3.05) is 0 Å². The molecule has 6 unspecified atom stereocenters. The topological polar surface area (TPSA) is 49.7 Å². The summed E-state index contributed by atoms with van der Waals surface area (Å²) in [6, 6.07) is 8.43. The number of hydrogen-bond acceptors (Lipinski definition) is 3. The van der Waals surface area contributed by atoms with Crippen molar-refractivity contribution in [1.82, 2.24) is 0 Å². The molecule has 6 atom stereocenters. The summed E-state index contributed by atoms with van der Waals surface area (Å²) in [6.45, 7) is 0. The summed E-state index contributed by atoms with van der Waals surface area (Å²) in [4.78, 5) is 10.1. The van der Waals surface area contributed by atoms with E-state index in [4.69, 9.17) is 4.52 Å². The van der Waals surface area contributed by atoms with E-state index in [9.17, 15) is 62.7 Å². The summed E-state index contributed by atoms with van der Waals surface area (Å²) in [5, 5.41) is 12.2. The van der Waals surface area contributed by atoms with Gasteiger partial charge in [0.1, 0.15) is 0 Å². The van der Waals surface area contributed by atoms with Crippen molar-refractivity contribution in [3.05, 3.63) is 128 Å². The van der Waals surface area contributed by atoms with Crippen LogP contribution >= 0.6 is 9.03 Å². The van der Waals surface area contributed by atoms with Gasteiger partial charge in [-0.05, 0) is 107 Å². The van der Waals surface area contributed by atoms with Gasteiger partial charge in [-0.1, -0.05) is 30.3 Å². The van der Waals surface area contributed by atoms with Gasteiger partial charge in [0.05, 0.1) is 34.5 Å². The highest BCUT2D eigenvalue weighted by Gasteiger charge is 2.48. The first-order valence-electron chi connectivity index (χ1n) is 16.0. The van der Waals surface area contributed by atoms with E-state index in [1.807, 2.05) is 0 Å². The molecule has 3 aliphatic carbocycles. The quantitative estimate of drug-likeness (QED) is 0.201. The van der Waals surface area contributed by atoms with Crippen LogP contribution in [-0.2, 0) is 35.6 Å². The van der Waals surface area contributed by atoms with Gasteiger partial charge in [-0.25, -0.2) is 0 Å². The smallest absolute Gasteiger partial charge is 0.392 e. The maximum Gasteiger partial charge on any atom is 0.416 e. The minimum absolute atomic E-state index is 0.0259. The SMILES string of the molecule is OPOC1C(C2c3ccccc3CC(c3cc(C(F)(F)F)cc(C(F)(F)F)c3)C2O)=C2CCCCC2=CC1c1cc(C(F)(F)F)cc(C(F)(F)F)c1. The second-order valence-corrected chi connectivity index (χ2v) is 13.6. The zero-order valence-electron chi connectivity index (χ0n) is 26.6. The lowest BCUT2D eigenvalue weighted by molar-refractivity contribution is -0.144. The zero-order valence-corrected chi connectivity index (χ0v) is 27.6. The van der Waals surface area contributed by atoms with Gasteiger partial charge in [0.15, 0.2) is 9.03 Å². The summed E-state index contributed by atoms with van der Waals surface area (Å²) in [5.74, 6) is -4.01. The molecule has 3 aliphatic rings. The Morgan fingerprint density at radius 2 is 1.15 bits per heavy atom. The molecule has 6 rings (SSSR count). The van der Waals surface area contributed by atoms with E-state index in [1.54, 1.807) is 24.3 Å². The number of halogens is 12. The number of rotatable bonds is 5. The van der Waals surface area contributed by atoms with Crippen molar-refractivity contribution < 1.29 is 67.2 Å². The zero-order chi connectivity index (χ0) is 38.0. The Labute approximate surface area is 290 Å². The average molecular weight is 769 g/mol. The van der Waals surface area contributed by atoms with Crippen LogP contribution in [0.4, 0.5) is 52.7 Å². The van der Waals surface area contributed by atoms with Crippen LogP contribution in [0.25, 0.3) is 0 Å². The molecule has 0 radical (unpaired) electrons. The van der Waals surface area contributed by atoms with Crippen molar-refractivity contribution >= 4 is 9.03 Å². The number of hydrogen-bond donors (Lipinski definition) is 2. The van der Waals surface area contributed by atoms with E-state index in [0.29, 0.717) is 72.2 Å². The Bertz CT molecular complexity index is 1830. The molecule has 0 saturated heterocycles. The second kappa shape index (κ2) is 13.8. The van der Waals surface area contributed by atoms with Gasteiger partial charge in [-0.2, -0.15) is 52.7 Å². The predicted octanol–water partition coefficient (Wildman–Crippen LogP) is 11.0. The highest BCUT2D eigenvalue weighted by molar-refractivity contribution is 7.25. The molecule has 3 nitrogen and oxygen atoms in total. The van der Waals surface area contributed by atoms with Crippen molar-refractivity contribution in [3.63, 3.8) is 0 Å². The van der Waals surface area contributed by atoms with Crippen molar-refractivity contribution in [2.45, 2.75) is 86.8 Å². The molecular formula is C36H29F12O3P. The summed E-state index contributed by atoms with van der Waals surface area (Å²) >= 11 is 0. The lowest BCUT2D eigenvalue weighted by Gasteiger charge is -2.45. The largest absolute Gasteiger partial charge is 0.416 e. The van der Waals surface area contributed by atoms with Gasteiger partial charge in [0, 0.05) is 17.8 Å². The number of aliphatic hydroxyl groups is 1. The first-order chi connectivity index (χ1) is 24.2. The van der Waals surface area contributed by atoms with E-state index in [-0.39, 0.29) is 24.1 Å². The molecule has 0 heterocycles. The molecule has 0 spiro atoms. The highest BCUT2D eigenvalue weighted by atomic mass is 31.1. The van der Waals surface area contributed by atoms with Crippen LogP contribution in [0.1, 0.15) is 87.9 Å². The summed E-state index contributed by atoms with van der Waals surface area (Å²) in [5.41, 5.74) is -5.17. The summed E-state index contributed by atoms with van der Waals surface area (Å²) < 4.78 is 173. The fraction of sp³-hybridized carbons (Fsp3) is 0.389. The van der Waals surface area contributed by atoms with Gasteiger partial charge < -0.3 is 14.5 Å². The van der Waals surface area contributed by atoms with Crippen LogP contribution in [-0.4, -0.2) is 22.2 Å². The van der Waals surface area contributed by atoms with Crippen molar-refractivity contribution in [2.24, 2.45) is 0 Å². The number of benzene rings is 3. The van der Waals surface area contributed by atoms with Gasteiger partial charge in [-0.15, -0.1) is 0 Å². The third-order valence-corrected chi connectivity index (χ3v) is 10.4. The number of aliphatic hydroxyl groups excluding tert-OH is 1. The first-order valence-corrected chi connectivity index (χ1v) is 16.9. The minimum Gasteiger partial charge on any atom is -0.392 e. The molecule has 0 aliphatic heterocycles. The molecule has 3 aromatic carbocycles. The number of fused-ring (bicyclic) bond motifs is 2. The van der Waals surface area contributed by atoms with Crippen LogP contribution in [0.2, 0.25) is 0 Å². The predicted molar refractivity (Wildman–Crippen MR) is 166 cm³/mol. The van der Waals surface area contributed by atoms with E-state index in [1.165, 1.54) is 6.08 Å². The van der Waals surface area contributed by atoms with Gasteiger partial charge in [0.2, 0.25) is 0 Å². The lowest BCUT2D eigenvalue weighted by atomic mass is 9.63. The van der Waals surface area contributed by atoms with E-state index < -0.39 is 97.1 Å². The Kier molecular flexibility index (Phi) is 10.2. The van der Waals surface area contributed by atoms with Gasteiger partial charge >= 0.3 is 24.7 Å². The molecule has 52 heavy (non-hydrogen) atoms. The molecular weight excluding hydrogens is 739 g/mol. The van der Waals surface area contributed by atoms with Gasteiger partial charge in [-0.3, -0.25) is 0 Å². The summed E-state index contributed by atoms with van der Waals surface area (Å²) in [6.07, 6.45) is -20.9. The maximum absolute atomic E-state index is 14.0.